The van der Waals surface area contributed by atoms with Crippen molar-refractivity contribution < 1.29 is 0 Å². The van der Waals surface area contributed by atoms with Gasteiger partial charge in [-0.15, -0.1) is 0 Å². The molecule has 5 aliphatic carbocycles. The van der Waals surface area contributed by atoms with Gasteiger partial charge in [0.1, 0.15) is 0 Å². The van der Waals surface area contributed by atoms with Gasteiger partial charge in [-0.1, -0.05) is 11.6 Å². The molecule has 0 heterocycles. The monoisotopic (exact) mass is 188 g/mol. The molecule has 0 nitrogen and oxygen atoms in total. The minimum atomic E-state index is 0.791. The van der Waals surface area contributed by atoms with E-state index < -0.39 is 0 Å². The van der Waals surface area contributed by atoms with Crippen LogP contribution < -0.4 is 0 Å². The van der Waals surface area contributed by atoms with Gasteiger partial charge < -0.3 is 0 Å². The van der Waals surface area contributed by atoms with Gasteiger partial charge in [0.2, 0.25) is 0 Å². The molecule has 0 saturated heterocycles. The van der Waals surface area contributed by atoms with Crippen LogP contribution in [0.25, 0.3) is 0 Å². The zero-order chi connectivity index (χ0) is 9.34. The first-order valence-electron chi connectivity index (χ1n) is 6.42. The van der Waals surface area contributed by atoms with E-state index in [1.165, 1.54) is 6.42 Å². The van der Waals surface area contributed by atoms with E-state index in [1.807, 2.05) is 0 Å². The van der Waals surface area contributed by atoms with Crippen LogP contribution in [0.3, 0.4) is 0 Å². The van der Waals surface area contributed by atoms with Crippen molar-refractivity contribution >= 4 is 0 Å². The Bertz CT molecular complexity index is 298. The number of hydrogen-bond donors (Lipinski definition) is 0. The van der Waals surface area contributed by atoms with Crippen LogP contribution in [-0.2, 0) is 0 Å². The molecule has 5 atom stereocenters. The second-order valence-corrected chi connectivity index (χ2v) is 6.69. The summed E-state index contributed by atoms with van der Waals surface area (Å²) in [5, 5.41) is 0. The zero-order valence-corrected chi connectivity index (χ0v) is 9.13. The Balaban J connectivity index is 1.80. The molecule has 14 heavy (non-hydrogen) atoms. The normalized spacial score (nSPS) is 58.8. The van der Waals surface area contributed by atoms with Crippen molar-refractivity contribution in [2.75, 3.05) is 0 Å². The predicted octanol–water partition coefficient (Wildman–Crippen LogP) is 3.78. The molecule has 4 fully saturated rings. The lowest BCUT2D eigenvalue weighted by Crippen LogP contribution is -2.50. The third-order valence-corrected chi connectivity index (χ3v) is 5.64. The largest absolute Gasteiger partial charge is 0.0816 e. The fourth-order valence-corrected chi connectivity index (χ4v) is 5.74. The molecule has 4 bridgehead atoms. The molecule has 1 spiro atoms. The lowest BCUT2D eigenvalue weighted by Gasteiger charge is -2.59. The van der Waals surface area contributed by atoms with E-state index in [2.05, 4.69) is 13.0 Å². The van der Waals surface area contributed by atoms with Crippen molar-refractivity contribution in [1.29, 1.82) is 0 Å². The maximum Gasteiger partial charge on any atom is -0.0142 e. The molecular formula is C14H20. The molecular weight excluding hydrogens is 168 g/mol. The van der Waals surface area contributed by atoms with Gasteiger partial charge >= 0.3 is 0 Å². The first kappa shape index (κ1) is 7.96. The van der Waals surface area contributed by atoms with Gasteiger partial charge in [0.05, 0.1) is 0 Å². The Morgan fingerprint density at radius 1 is 1.14 bits per heavy atom. The Morgan fingerprint density at radius 3 is 2.57 bits per heavy atom. The van der Waals surface area contributed by atoms with Crippen molar-refractivity contribution in [2.45, 2.75) is 45.4 Å². The average molecular weight is 188 g/mol. The summed E-state index contributed by atoms with van der Waals surface area (Å²) in [6.45, 7) is 2.37. The van der Waals surface area contributed by atoms with Gasteiger partial charge in [-0.25, -0.2) is 0 Å². The van der Waals surface area contributed by atoms with Crippen LogP contribution in [0, 0.1) is 29.1 Å². The fourth-order valence-electron chi connectivity index (χ4n) is 5.74. The number of hydrogen-bond acceptors (Lipinski definition) is 0. The van der Waals surface area contributed by atoms with Gasteiger partial charge in [-0.3, -0.25) is 0 Å². The lowest BCUT2D eigenvalue weighted by atomic mass is 9.46. The summed E-state index contributed by atoms with van der Waals surface area (Å²) < 4.78 is 0. The molecule has 0 heteroatoms. The number of allylic oxidation sites excluding steroid dienone is 2. The van der Waals surface area contributed by atoms with Crippen molar-refractivity contribution in [2.24, 2.45) is 29.1 Å². The van der Waals surface area contributed by atoms with E-state index in [4.69, 9.17) is 0 Å². The number of rotatable bonds is 0. The summed E-state index contributed by atoms with van der Waals surface area (Å²) in [5.41, 5.74) is 2.50. The highest BCUT2D eigenvalue weighted by Crippen LogP contribution is 2.67. The van der Waals surface area contributed by atoms with Crippen molar-refractivity contribution in [3.63, 3.8) is 0 Å². The molecule has 0 aromatic carbocycles. The standard InChI is InChI=1S/C14H20/c1-9-2-13-12-4-10-3-11(5-12)8-14(13,6-9)7-10/h2,10-13H,3-8H2,1H3/t10-,11+,12?,13-,14?/m0/s1. The molecule has 76 valence electrons. The molecule has 0 aliphatic heterocycles. The quantitative estimate of drug-likeness (QED) is 0.507. The predicted molar refractivity (Wildman–Crippen MR) is 57.9 cm³/mol. The second kappa shape index (κ2) is 2.28. The van der Waals surface area contributed by atoms with Crippen LogP contribution in [0.2, 0.25) is 0 Å². The van der Waals surface area contributed by atoms with Gasteiger partial charge in [-0.05, 0) is 74.5 Å². The van der Waals surface area contributed by atoms with Gasteiger partial charge in [0.15, 0.2) is 0 Å². The Kier molecular flexibility index (Phi) is 1.30. The summed E-state index contributed by atoms with van der Waals surface area (Å²) in [7, 11) is 0. The van der Waals surface area contributed by atoms with Crippen LogP contribution in [0.15, 0.2) is 11.6 Å². The first-order chi connectivity index (χ1) is 6.75. The second-order valence-electron chi connectivity index (χ2n) is 6.69. The smallest absolute Gasteiger partial charge is 0.0142 e. The molecule has 5 aliphatic rings. The Hall–Kier alpha value is -0.260. The first-order valence-corrected chi connectivity index (χ1v) is 6.42. The topological polar surface area (TPSA) is 0 Å². The Morgan fingerprint density at radius 2 is 1.86 bits per heavy atom. The van der Waals surface area contributed by atoms with Crippen LogP contribution in [0.5, 0.6) is 0 Å². The molecule has 0 radical (unpaired) electrons. The summed E-state index contributed by atoms with van der Waals surface area (Å²) in [6.07, 6.45) is 12.0. The highest BCUT2D eigenvalue weighted by atomic mass is 14.6. The average Bonchev–Trinajstić information content (AvgIpc) is 2.40. The molecule has 0 aromatic rings. The van der Waals surface area contributed by atoms with E-state index in [0.29, 0.717) is 0 Å². The summed E-state index contributed by atoms with van der Waals surface area (Å²) in [6, 6.07) is 0. The van der Waals surface area contributed by atoms with Gasteiger partial charge in [0, 0.05) is 0 Å². The lowest BCUT2D eigenvalue weighted by molar-refractivity contribution is -0.0809. The molecule has 2 unspecified atom stereocenters. The maximum absolute atomic E-state index is 2.66. The molecule has 0 aromatic heterocycles. The van der Waals surface area contributed by atoms with Crippen LogP contribution in [0.1, 0.15) is 45.4 Å². The highest BCUT2D eigenvalue weighted by molar-refractivity contribution is 5.23. The molecule has 0 N–H and O–H groups in total. The van der Waals surface area contributed by atoms with E-state index in [-0.39, 0.29) is 0 Å². The summed E-state index contributed by atoms with van der Waals surface area (Å²) >= 11 is 0. The van der Waals surface area contributed by atoms with E-state index in [9.17, 15) is 0 Å². The van der Waals surface area contributed by atoms with Crippen LogP contribution >= 0.6 is 0 Å². The summed E-state index contributed by atoms with van der Waals surface area (Å²) in [5.74, 6) is 4.36. The minimum Gasteiger partial charge on any atom is -0.0816 e. The molecule has 4 saturated carbocycles. The maximum atomic E-state index is 2.66. The van der Waals surface area contributed by atoms with Crippen LogP contribution in [0.4, 0.5) is 0 Å². The van der Waals surface area contributed by atoms with Crippen molar-refractivity contribution in [3.8, 4) is 0 Å². The highest BCUT2D eigenvalue weighted by Gasteiger charge is 2.57. The SMILES string of the molecule is CC1=C[C@H]2C3C[C@@H]4C[C@H](C3)CC2(C1)C4. The van der Waals surface area contributed by atoms with E-state index in [0.717, 1.165) is 29.1 Å². The third-order valence-electron chi connectivity index (χ3n) is 5.64. The fraction of sp³-hybridized carbons (Fsp3) is 0.857. The van der Waals surface area contributed by atoms with Crippen molar-refractivity contribution in [3.05, 3.63) is 11.6 Å². The third kappa shape index (κ3) is 0.816. The molecule has 0 amide bonds. The van der Waals surface area contributed by atoms with E-state index in [1.54, 1.807) is 37.7 Å². The van der Waals surface area contributed by atoms with E-state index >= 15 is 0 Å². The minimum absolute atomic E-state index is 0.791. The van der Waals surface area contributed by atoms with Crippen LogP contribution in [-0.4, -0.2) is 0 Å². The van der Waals surface area contributed by atoms with Gasteiger partial charge in [-0.2, -0.15) is 0 Å². The zero-order valence-electron chi connectivity index (χ0n) is 9.13. The molecule has 5 rings (SSSR count). The van der Waals surface area contributed by atoms with Gasteiger partial charge in [0.25, 0.3) is 0 Å². The Labute approximate surface area is 86.8 Å². The summed E-state index contributed by atoms with van der Waals surface area (Å²) in [4.78, 5) is 0. The van der Waals surface area contributed by atoms with Crippen molar-refractivity contribution in [1.82, 2.24) is 0 Å².